The van der Waals surface area contributed by atoms with Gasteiger partial charge in [0.05, 0.1) is 9.92 Å². The lowest BCUT2D eigenvalue weighted by Gasteiger charge is -2.05. The zero-order valence-corrected chi connectivity index (χ0v) is 12.7. The summed E-state index contributed by atoms with van der Waals surface area (Å²) in [5, 5.41) is 1.49. The molecule has 3 aromatic rings. The van der Waals surface area contributed by atoms with Gasteiger partial charge in [0.25, 0.3) is 0 Å². The number of fused-ring (bicyclic) bond motifs is 1. The molecule has 20 heavy (non-hydrogen) atoms. The molecular weight excluding hydrogens is 292 g/mol. The average Bonchev–Trinajstić information content (AvgIpc) is 2.77. The molecule has 3 nitrogen and oxygen atoms in total. The summed E-state index contributed by atoms with van der Waals surface area (Å²) in [5.74, 6) is 0. The third-order valence-electron chi connectivity index (χ3n) is 3.20. The van der Waals surface area contributed by atoms with Crippen molar-refractivity contribution >= 4 is 33.6 Å². The molecule has 0 aliphatic carbocycles. The van der Waals surface area contributed by atoms with Gasteiger partial charge in [-0.3, -0.25) is 0 Å². The van der Waals surface area contributed by atoms with Gasteiger partial charge in [0.1, 0.15) is 0 Å². The van der Waals surface area contributed by atoms with Crippen LogP contribution in [-0.4, -0.2) is 13.2 Å². The Morgan fingerprint density at radius 2 is 1.85 bits per heavy atom. The van der Waals surface area contributed by atoms with Gasteiger partial charge in [0.15, 0.2) is 16.6 Å². The topological polar surface area (TPSA) is 34.9 Å². The van der Waals surface area contributed by atoms with Crippen LogP contribution >= 0.6 is 11.6 Å². The minimum atomic E-state index is -1.32. The van der Waals surface area contributed by atoms with Gasteiger partial charge < -0.3 is 0 Å². The van der Waals surface area contributed by atoms with Crippen molar-refractivity contribution in [1.82, 2.24) is 8.96 Å². The zero-order chi connectivity index (χ0) is 14.3. The second-order valence-electron chi connectivity index (χ2n) is 4.69. The Hall–Kier alpha value is -1.65. The van der Waals surface area contributed by atoms with Gasteiger partial charge in [0.2, 0.25) is 0 Å². The number of benzene rings is 1. The summed E-state index contributed by atoms with van der Waals surface area (Å²) < 4.78 is 14.4. The monoisotopic (exact) mass is 304 g/mol. The molecule has 1 unspecified atom stereocenters. The lowest BCUT2D eigenvalue weighted by molar-refractivity contribution is 0.678. The summed E-state index contributed by atoms with van der Waals surface area (Å²) in [7, 11) is -1.32. The molecule has 2 aromatic heterocycles. The fraction of sp³-hybridized carbons (Fsp3) is 0.133. The van der Waals surface area contributed by atoms with Crippen LogP contribution < -0.4 is 0 Å². The highest BCUT2D eigenvalue weighted by Crippen LogP contribution is 2.28. The van der Waals surface area contributed by atoms with Gasteiger partial charge in [-0.15, -0.1) is 0 Å². The van der Waals surface area contributed by atoms with Crippen LogP contribution in [-0.2, 0) is 11.0 Å². The fourth-order valence-electron chi connectivity index (χ4n) is 2.16. The van der Waals surface area contributed by atoms with Crippen molar-refractivity contribution in [2.24, 2.45) is 0 Å². The highest BCUT2D eigenvalue weighted by Gasteiger charge is 2.15. The number of hydrogen-bond donors (Lipinski definition) is 0. The Morgan fingerprint density at radius 3 is 2.55 bits per heavy atom. The zero-order valence-electron chi connectivity index (χ0n) is 11.1. The van der Waals surface area contributed by atoms with Crippen molar-refractivity contribution < 1.29 is 4.21 Å². The Bertz CT molecular complexity index is 809. The molecule has 0 aliphatic rings. The van der Waals surface area contributed by atoms with Gasteiger partial charge >= 0.3 is 0 Å². The SMILES string of the molecule is Cc1ccc(S(=O)n2cc(C)c3c(Cl)ccnc32)cc1. The van der Waals surface area contributed by atoms with Gasteiger partial charge in [-0.25, -0.2) is 13.2 Å². The van der Waals surface area contributed by atoms with Crippen molar-refractivity contribution in [3.8, 4) is 0 Å². The number of rotatable bonds is 2. The minimum Gasteiger partial charge on any atom is -0.246 e. The number of pyridine rings is 1. The van der Waals surface area contributed by atoms with Crippen LogP contribution in [0.2, 0.25) is 5.02 Å². The van der Waals surface area contributed by atoms with E-state index in [2.05, 4.69) is 4.98 Å². The van der Waals surface area contributed by atoms with Crippen LogP contribution in [0.5, 0.6) is 0 Å². The van der Waals surface area contributed by atoms with E-state index in [-0.39, 0.29) is 0 Å². The first-order chi connectivity index (χ1) is 9.58. The molecule has 1 atom stereocenters. The van der Waals surface area contributed by atoms with Crippen LogP contribution in [0.1, 0.15) is 11.1 Å². The highest BCUT2D eigenvalue weighted by atomic mass is 35.5. The predicted octanol–water partition coefficient (Wildman–Crippen LogP) is 3.88. The molecule has 2 heterocycles. The van der Waals surface area contributed by atoms with Gasteiger partial charge in [-0.1, -0.05) is 29.3 Å². The highest BCUT2D eigenvalue weighted by molar-refractivity contribution is 7.83. The standard InChI is InChI=1S/C15H13ClN2OS/c1-10-3-5-12(6-4-10)20(19)18-9-11(2)14-13(16)7-8-17-15(14)18/h3-9H,1-2H3. The maximum Gasteiger partial charge on any atom is 0.158 e. The molecule has 1 aromatic carbocycles. The Labute approximate surface area is 124 Å². The summed E-state index contributed by atoms with van der Waals surface area (Å²) in [6.07, 6.45) is 3.46. The molecule has 0 fully saturated rings. The number of nitrogens with zero attached hydrogens (tertiary/aromatic N) is 2. The van der Waals surface area contributed by atoms with E-state index in [1.807, 2.05) is 44.3 Å². The molecule has 0 bridgehead atoms. The smallest absolute Gasteiger partial charge is 0.158 e. The van der Waals surface area contributed by atoms with Crippen LogP contribution in [0, 0.1) is 13.8 Å². The van der Waals surface area contributed by atoms with E-state index in [1.54, 1.807) is 16.2 Å². The summed E-state index contributed by atoms with van der Waals surface area (Å²) in [5.41, 5.74) is 2.76. The first-order valence-corrected chi connectivity index (χ1v) is 7.67. The van der Waals surface area contributed by atoms with E-state index in [1.165, 1.54) is 0 Å². The van der Waals surface area contributed by atoms with Crippen molar-refractivity contribution in [1.29, 1.82) is 0 Å². The predicted molar refractivity (Wildman–Crippen MR) is 82.5 cm³/mol. The number of halogens is 1. The summed E-state index contributed by atoms with van der Waals surface area (Å²) in [6, 6.07) is 9.39. The third kappa shape index (κ3) is 2.15. The van der Waals surface area contributed by atoms with Gasteiger partial charge in [0, 0.05) is 17.8 Å². The first-order valence-electron chi connectivity index (χ1n) is 6.19. The molecule has 0 aliphatic heterocycles. The van der Waals surface area contributed by atoms with E-state index >= 15 is 0 Å². The van der Waals surface area contributed by atoms with Crippen molar-refractivity contribution in [2.75, 3.05) is 0 Å². The van der Waals surface area contributed by atoms with E-state index < -0.39 is 11.0 Å². The van der Waals surface area contributed by atoms with E-state index in [0.29, 0.717) is 10.7 Å². The van der Waals surface area contributed by atoms with Gasteiger partial charge in [-0.2, -0.15) is 0 Å². The normalized spacial score (nSPS) is 12.8. The summed E-state index contributed by atoms with van der Waals surface area (Å²) >= 11 is 6.19. The van der Waals surface area contributed by atoms with Crippen LogP contribution in [0.15, 0.2) is 47.6 Å². The second-order valence-corrected chi connectivity index (χ2v) is 6.46. The Balaban J connectivity index is 2.17. The second kappa shape index (κ2) is 5.04. The third-order valence-corrected chi connectivity index (χ3v) is 4.82. The number of hydrogen-bond acceptors (Lipinski definition) is 2. The summed E-state index contributed by atoms with van der Waals surface area (Å²) in [6.45, 7) is 3.95. The van der Waals surface area contributed by atoms with Crippen LogP contribution in [0.25, 0.3) is 11.0 Å². The maximum atomic E-state index is 12.7. The molecule has 0 saturated carbocycles. The van der Waals surface area contributed by atoms with Gasteiger partial charge in [-0.05, 0) is 37.6 Å². The molecule has 5 heteroatoms. The Kier molecular flexibility index (Phi) is 3.36. The van der Waals surface area contributed by atoms with E-state index in [9.17, 15) is 4.21 Å². The van der Waals surface area contributed by atoms with Crippen molar-refractivity contribution in [2.45, 2.75) is 18.7 Å². The molecule has 102 valence electrons. The number of aryl methyl sites for hydroxylation is 2. The van der Waals surface area contributed by atoms with Crippen molar-refractivity contribution in [3.05, 3.63) is 58.9 Å². The lowest BCUT2D eigenvalue weighted by atomic mass is 10.2. The minimum absolute atomic E-state index is 0.632. The molecule has 0 N–H and O–H groups in total. The van der Waals surface area contributed by atoms with Crippen molar-refractivity contribution in [3.63, 3.8) is 0 Å². The average molecular weight is 305 g/mol. The first kappa shape index (κ1) is 13.3. The van der Waals surface area contributed by atoms with E-state index in [4.69, 9.17) is 11.6 Å². The van der Waals surface area contributed by atoms with Crippen LogP contribution in [0.3, 0.4) is 0 Å². The molecule has 0 spiro atoms. The van der Waals surface area contributed by atoms with E-state index in [0.717, 1.165) is 21.4 Å². The molecule has 3 rings (SSSR count). The fourth-order valence-corrected chi connectivity index (χ4v) is 3.59. The molecule has 0 amide bonds. The quantitative estimate of drug-likeness (QED) is 0.720. The largest absolute Gasteiger partial charge is 0.246 e. The molecule has 0 radical (unpaired) electrons. The maximum absolute atomic E-state index is 12.7. The number of aromatic nitrogens is 2. The summed E-state index contributed by atoms with van der Waals surface area (Å²) in [4.78, 5) is 5.06. The molecular formula is C15H13ClN2OS. The lowest BCUT2D eigenvalue weighted by Crippen LogP contribution is -2.04. The molecule has 0 saturated heterocycles. The Morgan fingerprint density at radius 1 is 1.15 bits per heavy atom. The van der Waals surface area contributed by atoms with Crippen LogP contribution in [0.4, 0.5) is 0 Å².